The molecule has 0 amide bonds. The molecule has 0 aromatic carbocycles. The van der Waals surface area contributed by atoms with Crippen LogP contribution in [0.1, 0.15) is 25.1 Å². The van der Waals surface area contributed by atoms with Gasteiger partial charge < -0.3 is 14.4 Å². The van der Waals surface area contributed by atoms with Crippen LogP contribution in [-0.4, -0.2) is 46.0 Å². The van der Waals surface area contributed by atoms with Crippen LogP contribution in [0.15, 0.2) is 15.8 Å². The van der Waals surface area contributed by atoms with Gasteiger partial charge in [0.2, 0.25) is 0 Å². The molecule has 0 aliphatic carbocycles. The Morgan fingerprint density at radius 2 is 2.25 bits per heavy atom. The van der Waals surface area contributed by atoms with Gasteiger partial charge in [0.25, 0.3) is 5.56 Å². The summed E-state index contributed by atoms with van der Waals surface area (Å²) in [5, 5.41) is 0. The third-order valence-electron chi connectivity index (χ3n) is 4.47. The predicted octanol–water partition coefficient (Wildman–Crippen LogP) is 0.0534. The van der Waals surface area contributed by atoms with Crippen molar-refractivity contribution in [2.45, 2.75) is 44.3 Å². The van der Waals surface area contributed by atoms with Crippen molar-refractivity contribution >= 4 is 7.82 Å². The molecule has 2 fully saturated rings. The molecule has 0 spiro atoms. The molecular weight excluding hydrogens is 343 g/mol. The van der Waals surface area contributed by atoms with Crippen LogP contribution in [0, 0.1) is 6.92 Å². The number of H-pyrrole nitrogens is 1. The standard InChI is InChI=1S/C13H19N2O8P/c1-4-13-6-21-8(9(13)23-24(18,19)20-3)11(22-13)15-5-7(2)10(16)14-12(15)17/h5,8-9,11H,4,6H2,1-3H3,(H,18,19)(H,14,16,17)/t8?,9-,11-,13+/m1/s1. The number of phosphoric acid groups is 1. The summed E-state index contributed by atoms with van der Waals surface area (Å²) >= 11 is 0. The fourth-order valence-corrected chi connectivity index (χ4v) is 3.75. The van der Waals surface area contributed by atoms with E-state index in [1.807, 2.05) is 6.92 Å². The average Bonchev–Trinajstić information content (AvgIpc) is 3.03. The van der Waals surface area contributed by atoms with Crippen molar-refractivity contribution in [1.29, 1.82) is 0 Å². The van der Waals surface area contributed by atoms with Crippen molar-refractivity contribution in [2.75, 3.05) is 13.7 Å². The summed E-state index contributed by atoms with van der Waals surface area (Å²) in [6.45, 7) is 3.54. The maximum Gasteiger partial charge on any atom is 0.472 e. The lowest BCUT2D eigenvalue weighted by molar-refractivity contribution is -0.175. The second-order valence-corrected chi connectivity index (χ2v) is 7.37. The molecule has 2 aliphatic rings. The quantitative estimate of drug-likeness (QED) is 0.703. The van der Waals surface area contributed by atoms with Crippen molar-refractivity contribution in [1.82, 2.24) is 9.55 Å². The van der Waals surface area contributed by atoms with Crippen molar-refractivity contribution in [3.05, 3.63) is 32.6 Å². The Labute approximate surface area is 136 Å². The molecule has 3 rings (SSSR count). The number of ether oxygens (including phenoxy) is 2. The number of aryl methyl sites for hydroxylation is 1. The first-order valence-corrected chi connectivity index (χ1v) is 8.91. The number of fused-ring (bicyclic) bond motifs is 2. The molecule has 2 saturated heterocycles. The normalized spacial score (nSPS) is 34.4. The SMILES string of the molecule is CC[C@@]12COC([C@H](n3cc(C)c(=O)[nH]c3=O)O1)[C@H]2OP(=O)(O)OC. The largest absolute Gasteiger partial charge is 0.472 e. The molecule has 1 aromatic heterocycles. The molecule has 11 heteroatoms. The molecule has 2 aliphatic heterocycles. The lowest BCUT2D eigenvalue weighted by Gasteiger charge is -2.30. The minimum Gasteiger partial charge on any atom is -0.368 e. The van der Waals surface area contributed by atoms with Crippen LogP contribution >= 0.6 is 7.82 Å². The summed E-state index contributed by atoms with van der Waals surface area (Å²) in [6.07, 6.45) is -0.758. The van der Waals surface area contributed by atoms with Crippen molar-refractivity contribution in [3.63, 3.8) is 0 Å². The average molecular weight is 362 g/mol. The van der Waals surface area contributed by atoms with Crippen molar-refractivity contribution in [2.24, 2.45) is 0 Å². The van der Waals surface area contributed by atoms with E-state index >= 15 is 0 Å². The highest BCUT2D eigenvalue weighted by molar-refractivity contribution is 7.47. The minimum atomic E-state index is -4.27. The van der Waals surface area contributed by atoms with Gasteiger partial charge in [-0.1, -0.05) is 6.92 Å². The molecule has 134 valence electrons. The fraction of sp³-hybridized carbons (Fsp3) is 0.692. The maximum absolute atomic E-state index is 12.1. The number of nitrogens with zero attached hydrogens (tertiary/aromatic N) is 1. The lowest BCUT2D eigenvalue weighted by atomic mass is 9.96. The number of hydrogen-bond acceptors (Lipinski definition) is 7. The van der Waals surface area contributed by atoms with Gasteiger partial charge in [-0.2, -0.15) is 0 Å². The van der Waals surface area contributed by atoms with E-state index in [4.69, 9.17) is 14.0 Å². The van der Waals surface area contributed by atoms with Gasteiger partial charge in [-0.05, 0) is 13.3 Å². The lowest BCUT2D eigenvalue weighted by Crippen LogP contribution is -2.42. The summed E-state index contributed by atoms with van der Waals surface area (Å²) in [5.41, 5.74) is -1.79. The molecule has 5 atom stereocenters. The second-order valence-electron chi connectivity index (χ2n) is 5.86. The Kier molecular flexibility index (Phi) is 4.31. The molecule has 3 heterocycles. The summed E-state index contributed by atoms with van der Waals surface area (Å²) in [4.78, 5) is 35.5. The topological polar surface area (TPSA) is 129 Å². The van der Waals surface area contributed by atoms with Gasteiger partial charge in [0.05, 0.1) is 6.61 Å². The molecule has 2 N–H and O–H groups in total. The zero-order valence-electron chi connectivity index (χ0n) is 13.4. The van der Waals surface area contributed by atoms with E-state index in [1.54, 1.807) is 6.92 Å². The van der Waals surface area contributed by atoms with E-state index in [-0.39, 0.29) is 6.61 Å². The maximum atomic E-state index is 12.1. The Balaban J connectivity index is 2.00. The Morgan fingerprint density at radius 1 is 1.54 bits per heavy atom. The fourth-order valence-electron chi connectivity index (χ4n) is 3.07. The Bertz CT molecular complexity index is 804. The first kappa shape index (κ1) is 17.5. The highest BCUT2D eigenvalue weighted by Crippen LogP contribution is 2.54. The molecular formula is C13H19N2O8P. The van der Waals surface area contributed by atoms with Crippen LogP contribution in [0.5, 0.6) is 0 Å². The van der Waals surface area contributed by atoms with E-state index in [0.29, 0.717) is 12.0 Å². The van der Waals surface area contributed by atoms with E-state index in [0.717, 1.165) is 7.11 Å². The van der Waals surface area contributed by atoms with Crippen LogP contribution in [-0.2, 0) is 23.1 Å². The number of rotatable bonds is 5. The first-order chi connectivity index (χ1) is 11.2. The van der Waals surface area contributed by atoms with Gasteiger partial charge in [0.15, 0.2) is 6.23 Å². The van der Waals surface area contributed by atoms with Crippen LogP contribution < -0.4 is 11.2 Å². The highest BCUT2D eigenvalue weighted by atomic mass is 31.2. The van der Waals surface area contributed by atoms with Gasteiger partial charge in [0, 0.05) is 18.9 Å². The highest BCUT2D eigenvalue weighted by Gasteiger charge is 2.63. The van der Waals surface area contributed by atoms with E-state index < -0.39 is 43.1 Å². The van der Waals surface area contributed by atoms with Crippen molar-refractivity contribution in [3.8, 4) is 0 Å². The van der Waals surface area contributed by atoms with E-state index in [1.165, 1.54) is 10.8 Å². The smallest absolute Gasteiger partial charge is 0.368 e. The molecule has 2 bridgehead atoms. The summed E-state index contributed by atoms with van der Waals surface area (Å²) in [7, 11) is -3.20. The van der Waals surface area contributed by atoms with Crippen LogP contribution in [0.2, 0.25) is 0 Å². The molecule has 2 unspecified atom stereocenters. The second kappa shape index (κ2) is 5.91. The third kappa shape index (κ3) is 2.69. The number of phosphoric ester groups is 1. The molecule has 1 aromatic rings. The first-order valence-electron chi connectivity index (χ1n) is 7.41. The van der Waals surface area contributed by atoms with Gasteiger partial charge in [-0.15, -0.1) is 0 Å². The summed E-state index contributed by atoms with van der Waals surface area (Å²) < 4.78 is 34.3. The third-order valence-corrected chi connectivity index (χ3v) is 5.42. The monoisotopic (exact) mass is 362 g/mol. The Morgan fingerprint density at radius 3 is 2.88 bits per heavy atom. The van der Waals surface area contributed by atoms with Crippen molar-refractivity contribution < 1.29 is 28.0 Å². The Hall–Kier alpha value is -1.29. The van der Waals surface area contributed by atoms with Crippen LogP contribution in [0.3, 0.4) is 0 Å². The zero-order valence-corrected chi connectivity index (χ0v) is 14.3. The summed E-state index contributed by atoms with van der Waals surface area (Å²) in [5.74, 6) is 0. The zero-order chi connectivity index (χ0) is 17.7. The minimum absolute atomic E-state index is 0.163. The molecule has 24 heavy (non-hydrogen) atoms. The van der Waals surface area contributed by atoms with Gasteiger partial charge in [0.1, 0.15) is 17.8 Å². The van der Waals surface area contributed by atoms with Gasteiger partial charge >= 0.3 is 13.5 Å². The number of aromatic amines is 1. The van der Waals surface area contributed by atoms with Gasteiger partial charge in [-0.25, -0.2) is 9.36 Å². The predicted molar refractivity (Wildman–Crippen MR) is 80.7 cm³/mol. The molecule has 0 saturated carbocycles. The van der Waals surface area contributed by atoms with Crippen LogP contribution in [0.25, 0.3) is 0 Å². The van der Waals surface area contributed by atoms with Crippen LogP contribution in [0.4, 0.5) is 0 Å². The number of hydrogen-bond donors (Lipinski definition) is 2. The molecule has 0 radical (unpaired) electrons. The number of nitrogens with one attached hydrogen (secondary N) is 1. The van der Waals surface area contributed by atoms with Gasteiger partial charge in [-0.3, -0.25) is 23.4 Å². The van der Waals surface area contributed by atoms with E-state index in [2.05, 4.69) is 9.51 Å². The summed E-state index contributed by atoms with van der Waals surface area (Å²) in [6, 6.07) is 0. The molecule has 10 nitrogen and oxygen atoms in total. The van der Waals surface area contributed by atoms with E-state index in [9.17, 15) is 19.0 Å². The number of aromatic nitrogens is 2.